The molecule has 2 unspecified atom stereocenters. The van der Waals surface area contributed by atoms with Gasteiger partial charge < -0.3 is 10.1 Å². The Balaban J connectivity index is 1.63. The van der Waals surface area contributed by atoms with E-state index in [2.05, 4.69) is 5.32 Å². The van der Waals surface area contributed by atoms with Gasteiger partial charge in [0.15, 0.2) is 6.10 Å². The Morgan fingerprint density at radius 2 is 1.79 bits per heavy atom. The number of carbonyl (C=O) groups is 1. The summed E-state index contributed by atoms with van der Waals surface area (Å²) in [6, 6.07) is 18.6. The Bertz CT molecular complexity index is 1290. The number of carbonyl (C=O) groups excluding carboxylic acids is 1. The zero-order valence-corrected chi connectivity index (χ0v) is 20.2. The summed E-state index contributed by atoms with van der Waals surface area (Å²) in [5, 5.41) is 3.42. The lowest BCUT2D eigenvalue weighted by molar-refractivity contribution is -0.128. The van der Waals surface area contributed by atoms with Crippen LogP contribution in [0.5, 0.6) is 5.75 Å². The average Bonchev–Trinajstić information content (AvgIpc) is 2.80. The number of rotatable bonds is 5. The van der Waals surface area contributed by atoms with Gasteiger partial charge in [-0.1, -0.05) is 47.5 Å². The van der Waals surface area contributed by atoms with Gasteiger partial charge in [-0.3, -0.25) is 9.10 Å². The lowest BCUT2D eigenvalue weighted by atomic mass is 10.00. The van der Waals surface area contributed by atoms with Crippen LogP contribution in [0.2, 0.25) is 5.02 Å². The minimum Gasteiger partial charge on any atom is -0.476 e. The molecule has 0 saturated carbocycles. The zero-order valence-electron chi connectivity index (χ0n) is 18.6. The second-order valence-corrected chi connectivity index (χ2v) is 10.5. The quantitative estimate of drug-likeness (QED) is 0.565. The molecule has 4 rings (SSSR count). The van der Waals surface area contributed by atoms with Crippen molar-refractivity contribution < 1.29 is 17.9 Å². The second-order valence-electron chi connectivity index (χ2n) is 8.15. The van der Waals surface area contributed by atoms with E-state index < -0.39 is 16.1 Å². The van der Waals surface area contributed by atoms with E-state index in [4.69, 9.17) is 16.3 Å². The Labute approximate surface area is 199 Å². The van der Waals surface area contributed by atoms with E-state index in [1.54, 1.807) is 24.3 Å². The molecule has 33 heavy (non-hydrogen) atoms. The highest BCUT2D eigenvalue weighted by molar-refractivity contribution is 7.92. The van der Waals surface area contributed by atoms with Crippen molar-refractivity contribution in [2.75, 3.05) is 10.8 Å². The number of hydrogen-bond donors (Lipinski definition) is 1. The summed E-state index contributed by atoms with van der Waals surface area (Å²) < 4.78 is 34.1. The molecule has 6 nitrogen and oxygen atoms in total. The third kappa shape index (κ3) is 4.70. The molecule has 2 atom stereocenters. The van der Waals surface area contributed by atoms with Crippen molar-refractivity contribution >= 4 is 33.2 Å². The number of aryl methyl sites for hydroxylation is 2. The van der Waals surface area contributed by atoms with E-state index in [0.29, 0.717) is 16.5 Å². The van der Waals surface area contributed by atoms with Gasteiger partial charge in [-0.05, 0) is 68.3 Å². The van der Waals surface area contributed by atoms with Crippen LogP contribution in [0, 0.1) is 13.8 Å². The summed E-state index contributed by atoms with van der Waals surface area (Å²) in [5.41, 5.74) is 3.55. The molecule has 172 valence electrons. The second kappa shape index (κ2) is 9.08. The average molecular weight is 485 g/mol. The standard InChI is InChI=1S/C25H25ClN2O4S/c1-16-8-9-17(2)21(14-16)18(3)27-25(29)24-15-28(22-6-4-5-7-23(22)32-24)33(30,31)20-12-10-19(26)11-13-20/h4-14,18,24H,15H2,1-3H3,(H,27,29). The van der Waals surface area contributed by atoms with Crippen molar-refractivity contribution in [3.05, 3.63) is 88.4 Å². The summed E-state index contributed by atoms with van der Waals surface area (Å²) in [5.74, 6) is -0.0463. The van der Waals surface area contributed by atoms with E-state index in [-0.39, 0.29) is 23.4 Å². The first kappa shape index (κ1) is 23.1. The van der Waals surface area contributed by atoms with Crippen LogP contribution in [0.1, 0.15) is 29.7 Å². The monoisotopic (exact) mass is 484 g/mol. The van der Waals surface area contributed by atoms with Crippen LogP contribution in [0.25, 0.3) is 0 Å². The minimum absolute atomic E-state index is 0.0894. The molecule has 1 aliphatic heterocycles. The van der Waals surface area contributed by atoms with Crippen LogP contribution in [0.4, 0.5) is 5.69 Å². The molecule has 0 bridgehead atoms. The molecule has 0 fully saturated rings. The van der Waals surface area contributed by atoms with Crippen LogP contribution >= 0.6 is 11.6 Å². The summed E-state index contributed by atoms with van der Waals surface area (Å²) in [6.07, 6.45) is -1.01. The maximum absolute atomic E-state index is 13.5. The summed E-state index contributed by atoms with van der Waals surface area (Å²) >= 11 is 5.93. The normalized spacial score (nSPS) is 16.5. The number of hydrogen-bond acceptors (Lipinski definition) is 4. The molecule has 8 heteroatoms. The number of para-hydroxylation sites is 2. The molecule has 0 spiro atoms. The molecule has 1 N–H and O–H groups in total. The van der Waals surface area contributed by atoms with Gasteiger partial charge in [-0.2, -0.15) is 0 Å². The van der Waals surface area contributed by atoms with Gasteiger partial charge >= 0.3 is 0 Å². The van der Waals surface area contributed by atoms with Gasteiger partial charge in [0.2, 0.25) is 0 Å². The third-order valence-electron chi connectivity index (χ3n) is 5.69. The molecule has 0 aromatic heterocycles. The Hall–Kier alpha value is -3.03. The topological polar surface area (TPSA) is 75.7 Å². The van der Waals surface area contributed by atoms with Crippen molar-refractivity contribution in [2.24, 2.45) is 0 Å². The SMILES string of the molecule is Cc1ccc(C)c(C(C)NC(=O)C2CN(S(=O)(=O)c3ccc(Cl)cc3)c3ccccc3O2)c1. The van der Waals surface area contributed by atoms with Crippen LogP contribution in [-0.2, 0) is 14.8 Å². The molecule has 0 saturated heterocycles. The molecular formula is C25H25ClN2O4S. The Morgan fingerprint density at radius 3 is 2.52 bits per heavy atom. The van der Waals surface area contributed by atoms with Crippen LogP contribution < -0.4 is 14.4 Å². The molecule has 1 amide bonds. The van der Waals surface area contributed by atoms with Crippen molar-refractivity contribution in [3.8, 4) is 5.75 Å². The number of halogens is 1. The van der Waals surface area contributed by atoms with Crippen molar-refractivity contribution in [1.82, 2.24) is 5.32 Å². The molecule has 0 aliphatic carbocycles. The van der Waals surface area contributed by atoms with Gasteiger partial charge in [0.05, 0.1) is 23.2 Å². The van der Waals surface area contributed by atoms with E-state index in [1.165, 1.54) is 28.6 Å². The lowest BCUT2D eigenvalue weighted by Crippen LogP contribution is -2.51. The van der Waals surface area contributed by atoms with Crippen LogP contribution in [0.3, 0.4) is 0 Å². The Kier molecular flexibility index (Phi) is 6.36. The number of nitrogens with one attached hydrogen (secondary N) is 1. The third-order valence-corrected chi connectivity index (χ3v) is 7.73. The van der Waals surface area contributed by atoms with E-state index >= 15 is 0 Å². The number of anilines is 1. The zero-order chi connectivity index (χ0) is 23.8. The number of fused-ring (bicyclic) bond motifs is 1. The van der Waals surface area contributed by atoms with E-state index in [1.807, 2.05) is 39.0 Å². The number of sulfonamides is 1. The van der Waals surface area contributed by atoms with Gasteiger partial charge in [-0.25, -0.2) is 8.42 Å². The fourth-order valence-corrected chi connectivity index (χ4v) is 5.51. The van der Waals surface area contributed by atoms with Gasteiger partial charge in [0.1, 0.15) is 5.75 Å². The number of amides is 1. The molecule has 3 aromatic carbocycles. The molecule has 1 heterocycles. The highest BCUT2D eigenvalue weighted by atomic mass is 35.5. The molecule has 1 aliphatic rings. The molecule has 0 radical (unpaired) electrons. The highest BCUT2D eigenvalue weighted by Crippen LogP contribution is 2.37. The summed E-state index contributed by atoms with van der Waals surface area (Å²) in [7, 11) is -3.94. The number of benzene rings is 3. The molecule has 3 aromatic rings. The lowest BCUT2D eigenvalue weighted by Gasteiger charge is -2.35. The first-order chi connectivity index (χ1) is 15.7. The minimum atomic E-state index is -3.94. The smallest absolute Gasteiger partial charge is 0.264 e. The first-order valence-corrected chi connectivity index (χ1v) is 12.4. The maximum atomic E-state index is 13.5. The maximum Gasteiger partial charge on any atom is 0.264 e. The van der Waals surface area contributed by atoms with E-state index in [0.717, 1.165) is 16.7 Å². The van der Waals surface area contributed by atoms with Crippen LogP contribution in [0.15, 0.2) is 71.6 Å². The van der Waals surface area contributed by atoms with E-state index in [9.17, 15) is 13.2 Å². The van der Waals surface area contributed by atoms with Crippen molar-refractivity contribution in [3.63, 3.8) is 0 Å². The predicted molar refractivity (Wildman–Crippen MR) is 129 cm³/mol. The summed E-state index contributed by atoms with van der Waals surface area (Å²) in [4.78, 5) is 13.3. The van der Waals surface area contributed by atoms with Gasteiger partial charge in [0.25, 0.3) is 15.9 Å². The fourth-order valence-electron chi connectivity index (χ4n) is 3.91. The first-order valence-electron chi connectivity index (χ1n) is 10.6. The number of nitrogens with zero attached hydrogens (tertiary/aromatic N) is 1. The highest BCUT2D eigenvalue weighted by Gasteiger charge is 2.37. The summed E-state index contributed by atoms with van der Waals surface area (Å²) in [6.45, 7) is 5.75. The Morgan fingerprint density at radius 1 is 1.09 bits per heavy atom. The fraction of sp³-hybridized carbons (Fsp3) is 0.240. The number of ether oxygens (including phenoxy) is 1. The largest absolute Gasteiger partial charge is 0.476 e. The molecular weight excluding hydrogens is 460 g/mol. The van der Waals surface area contributed by atoms with Crippen molar-refractivity contribution in [1.29, 1.82) is 0 Å². The van der Waals surface area contributed by atoms with Crippen LogP contribution in [-0.4, -0.2) is 27.0 Å². The predicted octanol–water partition coefficient (Wildman–Crippen LogP) is 4.79. The van der Waals surface area contributed by atoms with Gasteiger partial charge in [0, 0.05) is 5.02 Å². The van der Waals surface area contributed by atoms with Crippen molar-refractivity contribution in [2.45, 2.75) is 37.8 Å². The van der Waals surface area contributed by atoms with Gasteiger partial charge in [-0.15, -0.1) is 0 Å².